The lowest BCUT2D eigenvalue weighted by molar-refractivity contribution is 0.0464. The highest BCUT2D eigenvalue weighted by atomic mass is 32.1. The zero-order valence-electron chi connectivity index (χ0n) is 15.4. The Kier molecular flexibility index (Phi) is 4.28. The summed E-state index contributed by atoms with van der Waals surface area (Å²) in [4.78, 5) is 23.2. The van der Waals surface area contributed by atoms with E-state index in [0.717, 1.165) is 42.9 Å². The van der Waals surface area contributed by atoms with Crippen LogP contribution in [0.1, 0.15) is 36.1 Å². The van der Waals surface area contributed by atoms with Crippen molar-refractivity contribution < 1.29 is 5.11 Å². The number of aliphatic hydroxyl groups excluding tert-OH is 1. The Balaban J connectivity index is 1.62. The first kappa shape index (κ1) is 17.0. The van der Waals surface area contributed by atoms with Crippen LogP contribution in [0.5, 0.6) is 0 Å². The minimum absolute atomic E-state index is 0.127. The zero-order chi connectivity index (χ0) is 18.4. The summed E-state index contributed by atoms with van der Waals surface area (Å²) in [5.74, 6) is 2.18. The molecule has 0 spiro atoms. The number of fused-ring (bicyclic) bond motifs is 3. The molecule has 27 heavy (non-hydrogen) atoms. The highest BCUT2D eigenvalue weighted by Gasteiger charge is 2.30. The number of hydrogen-bond donors (Lipinski definition) is 1. The second-order valence-electron chi connectivity index (χ2n) is 7.72. The second kappa shape index (κ2) is 6.80. The van der Waals surface area contributed by atoms with Crippen molar-refractivity contribution in [2.45, 2.75) is 44.6 Å². The molecule has 0 unspecified atom stereocenters. The lowest BCUT2D eigenvalue weighted by atomic mass is 9.82. The molecule has 3 aromatic heterocycles. The van der Waals surface area contributed by atoms with E-state index >= 15 is 0 Å². The summed E-state index contributed by atoms with van der Waals surface area (Å²) in [6.07, 6.45) is 11.5. The van der Waals surface area contributed by atoms with Crippen LogP contribution in [0.25, 0.3) is 21.7 Å². The standard InChI is InChI=1S/C20H23N5OS/c1-25(11-12-8-13(26)9-12)19-17-14-4-2-3-5-16(14)27-20(17)24-18(23-19)15-10-21-6-7-22-15/h6-7,10,12-13,26H,2-5,8-9,11H2,1H3. The minimum atomic E-state index is -0.127. The smallest absolute Gasteiger partial charge is 0.183 e. The maximum absolute atomic E-state index is 9.63. The van der Waals surface area contributed by atoms with Crippen molar-refractivity contribution in [1.29, 1.82) is 0 Å². The highest BCUT2D eigenvalue weighted by molar-refractivity contribution is 7.19. The highest BCUT2D eigenvalue weighted by Crippen LogP contribution is 2.41. The molecule has 0 amide bonds. The van der Waals surface area contributed by atoms with Gasteiger partial charge in [-0.1, -0.05) is 0 Å². The predicted molar refractivity (Wildman–Crippen MR) is 107 cm³/mol. The maximum Gasteiger partial charge on any atom is 0.183 e. The van der Waals surface area contributed by atoms with Crippen LogP contribution in [-0.2, 0) is 12.8 Å². The van der Waals surface area contributed by atoms with Gasteiger partial charge in [-0.15, -0.1) is 11.3 Å². The summed E-state index contributed by atoms with van der Waals surface area (Å²) in [7, 11) is 2.11. The third-order valence-corrected chi connectivity index (χ3v) is 6.88. The fourth-order valence-corrected chi connectivity index (χ4v) is 5.52. The number of anilines is 1. The summed E-state index contributed by atoms with van der Waals surface area (Å²) in [5.41, 5.74) is 2.15. The molecule has 7 heteroatoms. The van der Waals surface area contributed by atoms with E-state index in [0.29, 0.717) is 17.4 Å². The van der Waals surface area contributed by atoms with Gasteiger partial charge in [-0.2, -0.15) is 0 Å². The Labute approximate surface area is 162 Å². The molecule has 140 valence electrons. The molecule has 6 nitrogen and oxygen atoms in total. The normalized spacial score (nSPS) is 21.7. The van der Waals surface area contributed by atoms with Crippen LogP contribution in [0, 0.1) is 5.92 Å². The van der Waals surface area contributed by atoms with Gasteiger partial charge in [0.05, 0.1) is 17.7 Å². The first-order valence-corrected chi connectivity index (χ1v) is 10.5. The summed E-state index contributed by atoms with van der Waals surface area (Å²) in [5, 5.41) is 10.9. The molecule has 1 saturated carbocycles. The fourth-order valence-electron chi connectivity index (χ4n) is 4.27. The lowest BCUT2D eigenvalue weighted by Gasteiger charge is -2.35. The van der Waals surface area contributed by atoms with Gasteiger partial charge >= 0.3 is 0 Å². The molecule has 0 saturated heterocycles. The van der Waals surface area contributed by atoms with Gasteiger partial charge in [0.2, 0.25) is 0 Å². The molecule has 2 aliphatic rings. The number of thiophene rings is 1. The summed E-state index contributed by atoms with van der Waals surface area (Å²) < 4.78 is 0. The second-order valence-corrected chi connectivity index (χ2v) is 8.81. The van der Waals surface area contributed by atoms with Crippen molar-refractivity contribution in [3.63, 3.8) is 0 Å². The Hall–Kier alpha value is -2.12. The van der Waals surface area contributed by atoms with Gasteiger partial charge in [0.15, 0.2) is 5.82 Å². The quantitative estimate of drug-likeness (QED) is 0.748. The molecule has 0 bridgehead atoms. The van der Waals surface area contributed by atoms with Gasteiger partial charge in [0.25, 0.3) is 0 Å². The first-order chi connectivity index (χ1) is 13.2. The van der Waals surface area contributed by atoms with Crippen molar-refractivity contribution in [2.75, 3.05) is 18.5 Å². The van der Waals surface area contributed by atoms with E-state index in [1.54, 1.807) is 18.6 Å². The van der Waals surface area contributed by atoms with Gasteiger partial charge < -0.3 is 10.0 Å². The molecule has 3 aromatic rings. The van der Waals surface area contributed by atoms with Gasteiger partial charge in [-0.05, 0) is 50.0 Å². The van der Waals surface area contributed by atoms with Crippen molar-refractivity contribution in [3.8, 4) is 11.5 Å². The van der Waals surface area contributed by atoms with E-state index in [9.17, 15) is 5.11 Å². The van der Waals surface area contributed by atoms with Crippen molar-refractivity contribution in [1.82, 2.24) is 19.9 Å². The average Bonchev–Trinajstić information content (AvgIpc) is 3.05. The monoisotopic (exact) mass is 381 g/mol. The average molecular weight is 382 g/mol. The molecule has 5 rings (SSSR count). The van der Waals surface area contributed by atoms with Crippen LogP contribution >= 0.6 is 11.3 Å². The Morgan fingerprint density at radius 1 is 1.19 bits per heavy atom. The SMILES string of the molecule is CN(CC1CC(O)C1)c1nc(-c2cnccn2)nc2sc3c(c12)CCCC3. The van der Waals surface area contributed by atoms with Gasteiger partial charge in [0.1, 0.15) is 16.3 Å². The number of nitrogens with zero attached hydrogens (tertiary/aromatic N) is 5. The number of hydrogen-bond acceptors (Lipinski definition) is 7. The van der Waals surface area contributed by atoms with E-state index < -0.39 is 0 Å². The van der Waals surface area contributed by atoms with E-state index in [2.05, 4.69) is 21.9 Å². The van der Waals surface area contributed by atoms with Crippen LogP contribution in [0.3, 0.4) is 0 Å². The zero-order valence-corrected chi connectivity index (χ0v) is 16.2. The van der Waals surface area contributed by atoms with Gasteiger partial charge in [-0.3, -0.25) is 4.98 Å². The van der Waals surface area contributed by atoms with Crippen LogP contribution < -0.4 is 4.90 Å². The van der Waals surface area contributed by atoms with Crippen LogP contribution in [-0.4, -0.2) is 44.7 Å². The number of aromatic nitrogens is 4. The Morgan fingerprint density at radius 2 is 2.04 bits per heavy atom. The number of aryl methyl sites for hydroxylation is 2. The Morgan fingerprint density at radius 3 is 2.81 bits per heavy atom. The van der Waals surface area contributed by atoms with Crippen LogP contribution in [0.2, 0.25) is 0 Å². The number of aliphatic hydroxyl groups is 1. The lowest BCUT2D eigenvalue weighted by Crippen LogP contribution is -2.37. The van der Waals surface area contributed by atoms with E-state index in [-0.39, 0.29) is 6.10 Å². The van der Waals surface area contributed by atoms with Crippen LogP contribution in [0.4, 0.5) is 5.82 Å². The van der Waals surface area contributed by atoms with E-state index in [4.69, 9.17) is 9.97 Å². The Bertz CT molecular complexity index is 967. The molecule has 2 aliphatic carbocycles. The van der Waals surface area contributed by atoms with Crippen molar-refractivity contribution >= 4 is 27.4 Å². The van der Waals surface area contributed by atoms with Gasteiger partial charge in [0, 0.05) is 30.9 Å². The van der Waals surface area contributed by atoms with Crippen LogP contribution in [0.15, 0.2) is 18.6 Å². The van der Waals surface area contributed by atoms with Crippen molar-refractivity contribution in [2.24, 2.45) is 5.92 Å². The summed E-state index contributed by atoms with van der Waals surface area (Å²) >= 11 is 1.81. The maximum atomic E-state index is 9.63. The molecule has 1 N–H and O–H groups in total. The third kappa shape index (κ3) is 3.08. The molecule has 0 aliphatic heterocycles. The van der Waals surface area contributed by atoms with Gasteiger partial charge in [-0.25, -0.2) is 15.0 Å². The molecule has 0 aromatic carbocycles. The summed E-state index contributed by atoms with van der Waals surface area (Å²) in [6, 6.07) is 0. The molecular formula is C20H23N5OS. The number of rotatable bonds is 4. The fraction of sp³-hybridized carbons (Fsp3) is 0.500. The summed E-state index contributed by atoms with van der Waals surface area (Å²) in [6.45, 7) is 0.910. The third-order valence-electron chi connectivity index (χ3n) is 5.69. The minimum Gasteiger partial charge on any atom is -0.393 e. The topological polar surface area (TPSA) is 75.0 Å². The first-order valence-electron chi connectivity index (χ1n) is 9.67. The molecule has 3 heterocycles. The molecule has 0 atom stereocenters. The predicted octanol–water partition coefficient (Wildman–Crippen LogP) is 3.23. The van der Waals surface area contributed by atoms with E-state index in [1.165, 1.54) is 28.7 Å². The molecule has 0 radical (unpaired) electrons. The molecule has 1 fully saturated rings. The molecular weight excluding hydrogens is 358 g/mol. The largest absolute Gasteiger partial charge is 0.393 e. The van der Waals surface area contributed by atoms with E-state index in [1.807, 2.05) is 11.3 Å². The van der Waals surface area contributed by atoms with Crippen molar-refractivity contribution in [3.05, 3.63) is 29.0 Å².